The monoisotopic (exact) mass is 443 g/mol. The van der Waals surface area contributed by atoms with Gasteiger partial charge in [-0.15, -0.1) is 0 Å². The molecule has 0 unspecified atom stereocenters. The minimum Gasteiger partial charge on any atom is -0.379 e. The molecule has 1 aromatic heterocycles. The summed E-state index contributed by atoms with van der Waals surface area (Å²) in [7, 11) is 0. The van der Waals surface area contributed by atoms with Crippen molar-refractivity contribution in [1.82, 2.24) is 14.8 Å². The molecule has 0 N–H and O–H groups in total. The van der Waals surface area contributed by atoms with Crippen LogP contribution in [0.1, 0.15) is 40.7 Å². The third-order valence-electron chi connectivity index (χ3n) is 6.91. The zero-order valence-corrected chi connectivity index (χ0v) is 19.3. The van der Waals surface area contributed by atoms with Crippen LogP contribution in [0, 0.1) is 5.92 Å². The Morgan fingerprint density at radius 1 is 1.00 bits per heavy atom. The van der Waals surface area contributed by atoms with Crippen LogP contribution in [0.4, 0.5) is 0 Å². The molecule has 3 heterocycles. The van der Waals surface area contributed by atoms with E-state index in [0.29, 0.717) is 19.8 Å². The van der Waals surface area contributed by atoms with Crippen LogP contribution in [0.25, 0.3) is 10.9 Å². The number of carbonyl (C=O) groups is 1. The van der Waals surface area contributed by atoms with E-state index in [9.17, 15) is 4.79 Å². The van der Waals surface area contributed by atoms with Gasteiger partial charge in [0.25, 0.3) is 5.91 Å². The SMILES string of the molecule is O=C(c1ccccc1CN1CCCCC1)N1CCOC[C@@H](Cc2ccc3ncccc3c2)C1. The number of benzene rings is 2. The number of rotatable bonds is 5. The van der Waals surface area contributed by atoms with Gasteiger partial charge in [-0.3, -0.25) is 14.7 Å². The third kappa shape index (κ3) is 5.43. The maximum Gasteiger partial charge on any atom is 0.254 e. The Kier molecular flexibility index (Phi) is 6.98. The standard InChI is InChI=1S/C28H33N3O2/c32-28(26-9-3-2-7-25(26)20-30-13-4-1-5-14-30)31-15-16-33-21-23(19-31)17-22-10-11-27-24(18-22)8-6-12-29-27/h2-3,6-12,18,23H,1,4-5,13-17,19-21H2/t23-/m0/s1. The van der Waals surface area contributed by atoms with E-state index < -0.39 is 0 Å². The van der Waals surface area contributed by atoms with Crippen molar-refractivity contribution in [2.24, 2.45) is 5.92 Å². The predicted octanol–water partition coefficient (Wildman–Crippen LogP) is 4.55. The molecule has 0 aliphatic carbocycles. The number of carbonyl (C=O) groups excluding carboxylic acids is 1. The lowest BCUT2D eigenvalue weighted by Crippen LogP contribution is -2.37. The van der Waals surface area contributed by atoms with Crippen LogP contribution in [-0.2, 0) is 17.7 Å². The van der Waals surface area contributed by atoms with Gasteiger partial charge in [0.05, 0.1) is 18.7 Å². The first kappa shape index (κ1) is 22.1. The average molecular weight is 444 g/mol. The van der Waals surface area contributed by atoms with Gasteiger partial charge in [0.15, 0.2) is 0 Å². The predicted molar refractivity (Wildman–Crippen MR) is 131 cm³/mol. The minimum absolute atomic E-state index is 0.140. The minimum atomic E-state index is 0.140. The number of ether oxygens (including phenoxy) is 1. The number of nitrogens with zero attached hydrogens (tertiary/aromatic N) is 3. The van der Waals surface area contributed by atoms with E-state index in [1.807, 2.05) is 29.3 Å². The normalized spacial score (nSPS) is 20.0. The van der Waals surface area contributed by atoms with Crippen LogP contribution in [0.3, 0.4) is 0 Å². The first-order chi connectivity index (χ1) is 16.3. The van der Waals surface area contributed by atoms with Crippen LogP contribution in [0.2, 0.25) is 0 Å². The molecule has 0 spiro atoms. The molecule has 2 saturated heterocycles. The maximum absolute atomic E-state index is 13.6. The lowest BCUT2D eigenvalue weighted by atomic mass is 9.97. The molecule has 33 heavy (non-hydrogen) atoms. The zero-order valence-electron chi connectivity index (χ0n) is 19.3. The van der Waals surface area contributed by atoms with Crippen molar-refractivity contribution in [3.05, 3.63) is 77.5 Å². The highest BCUT2D eigenvalue weighted by Crippen LogP contribution is 2.22. The van der Waals surface area contributed by atoms with Crippen molar-refractivity contribution in [3.63, 3.8) is 0 Å². The van der Waals surface area contributed by atoms with Crippen molar-refractivity contribution < 1.29 is 9.53 Å². The highest BCUT2D eigenvalue weighted by Gasteiger charge is 2.25. The quantitative estimate of drug-likeness (QED) is 0.580. The van der Waals surface area contributed by atoms with Crippen molar-refractivity contribution in [2.45, 2.75) is 32.2 Å². The lowest BCUT2D eigenvalue weighted by Gasteiger charge is -2.28. The summed E-state index contributed by atoms with van der Waals surface area (Å²) in [5.41, 5.74) is 4.28. The Bertz CT molecular complexity index is 1090. The van der Waals surface area contributed by atoms with Crippen molar-refractivity contribution >= 4 is 16.8 Å². The van der Waals surface area contributed by atoms with Crippen molar-refractivity contribution in [3.8, 4) is 0 Å². The Labute approximate surface area is 196 Å². The van der Waals surface area contributed by atoms with E-state index in [2.05, 4.69) is 46.3 Å². The fraction of sp³-hybridized carbons (Fsp3) is 0.429. The molecule has 0 bridgehead atoms. The fourth-order valence-corrected chi connectivity index (χ4v) is 5.17. The molecule has 1 amide bonds. The molecule has 2 aliphatic heterocycles. The molecule has 2 aliphatic rings. The Hall–Kier alpha value is -2.76. The van der Waals surface area contributed by atoms with Crippen molar-refractivity contribution in [2.75, 3.05) is 39.4 Å². The molecule has 2 aromatic carbocycles. The van der Waals surface area contributed by atoms with Gasteiger partial charge in [-0.05, 0) is 67.7 Å². The molecular formula is C28H33N3O2. The molecule has 1 atom stereocenters. The van der Waals surface area contributed by atoms with E-state index >= 15 is 0 Å². The summed E-state index contributed by atoms with van der Waals surface area (Å²) in [6.45, 7) is 5.77. The molecule has 3 aromatic rings. The van der Waals surface area contributed by atoms with Crippen LogP contribution >= 0.6 is 0 Å². The van der Waals surface area contributed by atoms with E-state index in [-0.39, 0.29) is 11.8 Å². The average Bonchev–Trinajstić information content (AvgIpc) is 3.10. The second-order valence-electron chi connectivity index (χ2n) is 9.42. The van der Waals surface area contributed by atoms with Crippen LogP contribution in [-0.4, -0.2) is 60.1 Å². The summed E-state index contributed by atoms with van der Waals surface area (Å²) < 4.78 is 5.92. The number of hydrogen-bond donors (Lipinski definition) is 0. The maximum atomic E-state index is 13.6. The van der Waals surface area contributed by atoms with Crippen LogP contribution < -0.4 is 0 Å². The summed E-state index contributed by atoms with van der Waals surface area (Å²) in [5, 5.41) is 1.16. The van der Waals surface area contributed by atoms with E-state index in [1.54, 1.807) is 0 Å². The van der Waals surface area contributed by atoms with Gasteiger partial charge >= 0.3 is 0 Å². The number of piperidine rings is 1. The Balaban J connectivity index is 1.30. The summed E-state index contributed by atoms with van der Waals surface area (Å²) in [6, 6.07) is 18.7. The second-order valence-corrected chi connectivity index (χ2v) is 9.42. The summed E-state index contributed by atoms with van der Waals surface area (Å²) in [6.07, 6.45) is 6.55. The second kappa shape index (κ2) is 10.4. The molecule has 0 saturated carbocycles. The lowest BCUT2D eigenvalue weighted by molar-refractivity contribution is 0.0734. The van der Waals surface area contributed by atoms with Gasteiger partial charge in [-0.2, -0.15) is 0 Å². The number of amides is 1. The molecule has 5 nitrogen and oxygen atoms in total. The molecule has 5 rings (SSSR count). The number of aromatic nitrogens is 1. The van der Waals surface area contributed by atoms with Gasteiger partial charge < -0.3 is 9.64 Å². The number of hydrogen-bond acceptors (Lipinski definition) is 4. The summed E-state index contributed by atoms with van der Waals surface area (Å²) in [4.78, 5) is 22.5. The van der Waals surface area contributed by atoms with Crippen molar-refractivity contribution in [1.29, 1.82) is 0 Å². The van der Waals surface area contributed by atoms with Gasteiger partial charge in [-0.25, -0.2) is 0 Å². The van der Waals surface area contributed by atoms with Gasteiger partial charge in [0, 0.05) is 42.7 Å². The molecule has 5 heteroatoms. The third-order valence-corrected chi connectivity index (χ3v) is 6.91. The van der Waals surface area contributed by atoms with E-state index in [1.165, 1.54) is 24.8 Å². The highest BCUT2D eigenvalue weighted by molar-refractivity contribution is 5.95. The van der Waals surface area contributed by atoms with Gasteiger partial charge in [-0.1, -0.05) is 36.8 Å². The number of pyridine rings is 1. The fourth-order valence-electron chi connectivity index (χ4n) is 5.17. The largest absolute Gasteiger partial charge is 0.379 e. The van der Waals surface area contributed by atoms with Crippen LogP contribution in [0.15, 0.2) is 60.8 Å². The Morgan fingerprint density at radius 3 is 2.79 bits per heavy atom. The molecule has 172 valence electrons. The molecule has 2 fully saturated rings. The zero-order chi connectivity index (χ0) is 22.5. The molecular weight excluding hydrogens is 410 g/mol. The summed E-state index contributed by atoms with van der Waals surface area (Å²) >= 11 is 0. The number of likely N-dealkylation sites (tertiary alicyclic amines) is 1. The Morgan fingerprint density at radius 2 is 1.88 bits per heavy atom. The summed E-state index contributed by atoms with van der Waals surface area (Å²) in [5.74, 6) is 0.417. The first-order valence-electron chi connectivity index (χ1n) is 12.3. The van der Waals surface area contributed by atoms with Crippen LogP contribution in [0.5, 0.6) is 0 Å². The highest BCUT2D eigenvalue weighted by atomic mass is 16.5. The smallest absolute Gasteiger partial charge is 0.254 e. The van der Waals surface area contributed by atoms with Gasteiger partial charge in [0.2, 0.25) is 0 Å². The number of fused-ring (bicyclic) bond motifs is 1. The van der Waals surface area contributed by atoms with Gasteiger partial charge in [0.1, 0.15) is 0 Å². The van der Waals surface area contributed by atoms with E-state index in [0.717, 1.165) is 54.6 Å². The van der Waals surface area contributed by atoms with E-state index in [4.69, 9.17) is 4.74 Å². The first-order valence-corrected chi connectivity index (χ1v) is 12.3. The topological polar surface area (TPSA) is 45.7 Å². The molecule has 0 radical (unpaired) electrons.